The average Bonchev–Trinajstić information content (AvgIpc) is 2.34. The van der Waals surface area contributed by atoms with Crippen LogP contribution in [0.2, 0.25) is 0 Å². The second kappa shape index (κ2) is 7.32. The minimum Gasteiger partial charge on any atom is -0.354 e. The monoisotopic (exact) mass is 249 g/mol. The molecule has 5 nitrogen and oxygen atoms in total. The van der Waals surface area contributed by atoms with Gasteiger partial charge in [-0.3, -0.25) is 4.79 Å². The molecule has 0 aliphatic heterocycles. The molecule has 0 bridgehead atoms. The normalized spacial score (nSPS) is 11.6. The number of rotatable bonds is 6. The average molecular weight is 249 g/mol. The van der Waals surface area contributed by atoms with Crippen molar-refractivity contribution in [3.63, 3.8) is 0 Å². The van der Waals surface area contributed by atoms with Crippen molar-refractivity contribution < 1.29 is 9.59 Å². The number of carbonyl (C=O) groups is 2. The van der Waals surface area contributed by atoms with Crippen LogP contribution >= 0.6 is 0 Å². The van der Waals surface area contributed by atoms with Gasteiger partial charge in [-0.25, -0.2) is 4.79 Å². The lowest BCUT2D eigenvalue weighted by atomic mass is 10.1. The fraction of sp³-hybridized carbons (Fsp3) is 0.385. The Morgan fingerprint density at radius 1 is 1.28 bits per heavy atom. The lowest BCUT2D eigenvalue weighted by molar-refractivity contribution is -0.122. The molecule has 4 N–H and O–H groups in total. The molecule has 0 saturated heterocycles. The molecule has 0 aliphatic rings. The van der Waals surface area contributed by atoms with Crippen LogP contribution in [0, 0.1) is 0 Å². The first-order valence-corrected chi connectivity index (χ1v) is 5.97. The molecule has 0 fully saturated rings. The second-order valence-corrected chi connectivity index (χ2v) is 4.11. The summed E-state index contributed by atoms with van der Waals surface area (Å²) >= 11 is 0. The van der Waals surface area contributed by atoms with Crippen molar-refractivity contribution in [2.45, 2.75) is 25.8 Å². The molecule has 0 aromatic heterocycles. The maximum Gasteiger partial charge on any atom is 0.312 e. The Balaban J connectivity index is 2.18. The van der Waals surface area contributed by atoms with E-state index < -0.39 is 12.1 Å². The number of amides is 3. The molecule has 1 rings (SSSR count). The van der Waals surface area contributed by atoms with E-state index in [1.807, 2.05) is 18.2 Å². The van der Waals surface area contributed by atoms with Crippen LogP contribution in [0.25, 0.3) is 0 Å². The van der Waals surface area contributed by atoms with Crippen LogP contribution in [0.5, 0.6) is 0 Å². The number of primary amides is 1. The Hall–Kier alpha value is -2.04. The number of urea groups is 1. The largest absolute Gasteiger partial charge is 0.354 e. The van der Waals surface area contributed by atoms with E-state index in [-0.39, 0.29) is 5.91 Å². The second-order valence-electron chi connectivity index (χ2n) is 4.11. The van der Waals surface area contributed by atoms with Crippen molar-refractivity contribution in [3.8, 4) is 0 Å². The summed E-state index contributed by atoms with van der Waals surface area (Å²) in [6.45, 7) is 2.18. The smallest absolute Gasteiger partial charge is 0.312 e. The Bertz CT molecular complexity index is 392. The maximum absolute atomic E-state index is 11.5. The van der Waals surface area contributed by atoms with Crippen molar-refractivity contribution in [2.75, 3.05) is 6.54 Å². The number of carbonyl (C=O) groups excluding carboxylic acids is 2. The summed E-state index contributed by atoms with van der Waals surface area (Å²) in [5.41, 5.74) is 6.18. The van der Waals surface area contributed by atoms with Crippen LogP contribution in [0.15, 0.2) is 30.3 Å². The standard InChI is InChI=1S/C13H19N3O2/c1-10(16-13(14)18)12(17)15-9-5-8-11-6-3-2-4-7-11/h2-4,6-7,10H,5,8-9H2,1H3,(H,15,17)(H3,14,16,18)/t10-/m1/s1. The minimum atomic E-state index is -0.693. The van der Waals surface area contributed by atoms with Crippen LogP contribution in [0.4, 0.5) is 4.79 Å². The molecule has 1 aromatic rings. The number of nitrogens with two attached hydrogens (primary N) is 1. The number of hydrogen-bond donors (Lipinski definition) is 3. The van der Waals surface area contributed by atoms with Crippen LogP contribution in [0.1, 0.15) is 18.9 Å². The van der Waals surface area contributed by atoms with Gasteiger partial charge in [0.15, 0.2) is 0 Å². The van der Waals surface area contributed by atoms with Gasteiger partial charge < -0.3 is 16.4 Å². The lowest BCUT2D eigenvalue weighted by Gasteiger charge is -2.12. The Morgan fingerprint density at radius 3 is 2.56 bits per heavy atom. The van der Waals surface area contributed by atoms with Gasteiger partial charge in [-0.2, -0.15) is 0 Å². The van der Waals surface area contributed by atoms with E-state index in [0.717, 1.165) is 12.8 Å². The lowest BCUT2D eigenvalue weighted by Crippen LogP contribution is -2.46. The van der Waals surface area contributed by atoms with Gasteiger partial charge in [0.05, 0.1) is 0 Å². The molecule has 0 unspecified atom stereocenters. The molecule has 1 aromatic carbocycles. The van der Waals surface area contributed by atoms with Gasteiger partial charge in [-0.15, -0.1) is 0 Å². The summed E-state index contributed by atoms with van der Waals surface area (Å²) in [6, 6.07) is 8.78. The first-order valence-electron chi connectivity index (χ1n) is 5.97. The van der Waals surface area contributed by atoms with Crippen LogP contribution in [-0.4, -0.2) is 24.5 Å². The SMILES string of the molecule is C[C@@H](NC(N)=O)C(=O)NCCCc1ccccc1. The number of nitrogens with one attached hydrogen (secondary N) is 2. The first kappa shape index (κ1) is 14.0. The van der Waals surface area contributed by atoms with Crippen molar-refractivity contribution in [2.24, 2.45) is 5.73 Å². The van der Waals surface area contributed by atoms with Gasteiger partial charge in [-0.05, 0) is 25.3 Å². The van der Waals surface area contributed by atoms with E-state index in [2.05, 4.69) is 22.8 Å². The molecular formula is C13H19N3O2. The third-order valence-electron chi connectivity index (χ3n) is 2.54. The summed E-state index contributed by atoms with van der Waals surface area (Å²) in [5.74, 6) is -0.220. The highest BCUT2D eigenvalue weighted by Crippen LogP contribution is 2.01. The highest BCUT2D eigenvalue weighted by Gasteiger charge is 2.12. The molecule has 0 aliphatic carbocycles. The molecule has 3 amide bonds. The van der Waals surface area contributed by atoms with Crippen molar-refractivity contribution in [1.82, 2.24) is 10.6 Å². The first-order chi connectivity index (χ1) is 8.59. The van der Waals surface area contributed by atoms with Gasteiger partial charge in [0, 0.05) is 6.54 Å². The van der Waals surface area contributed by atoms with Crippen LogP contribution in [-0.2, 0) is 11.2 Å². The third kappa shape index (κ3) is 5.34. The quantitative estimate of drug-likeness (QED) is 0.651. The zero-order valence-electron chi connectivity index (χ0n) is 10.5. The van der Waals surface area contributed by atoms with E-state index in [9.17, 15) is 9.59 Å². The fourth-order valence-corrected chi connectivity index (χ4v) is 1.58. The zero-order chi connectivity index (χ0) is 13.4. The Labute approximate surface area is 107 Å². The van der Waals surface area contributed by atoms with Gasteiger partial charge in [0.25, 0.3) is 0 Å². The molecule has 5 heteroatoms. The molecule has 18 heavy (non-hydrogen) atoms. The maximum atomic E-state index is 11.5. The summed E-state index contributed by atoms with van der Waals surface area (Å²) in [5, 5.41) is 5.08. The molecule has 0 radical (unpaired) electrons. The highest BCUT2D eigenvalue weighted by molar-refractivity contribution is 5.86. The van der Waals surface area contributed by atoms with E-state index >= 15 is 0 Å². The predicted octanol–water partition coefficient (Wildman–Crippen LogP) is 0.792. The molecule has 0 spiro atoms. The van der Waals surface area contributed by atoms with E-state index in [4.69, 9.17) is 5.73 Å². The van der Waals surface area contributed by atoms with Crippen LogP contribution in [0.3, 0.4) is 0 Å². The number of benzene rings is 1. The highest BCUT2D eigenvalue weighted by atomic mass is 16.2. The number of aryl methyl sites for hydroxylation is 1. The van der Waals surface area contributed by atoms with E-state index in [1.54, 1.807) is 6.92 Å². The number of hydrogen-bond acceptors (Lipinski definition) is 2. The summed E-state index contributed by atoms with van der Waals surface area (Å²) in [4.78, 5) is 22.1. The Kier molecular flexibility index (Phi) is 5.70. The van der Waals surface area contributed by atoms with Crippen molar-refractivity contribution in [3.05, 3.63) is 35.9 Å². The van der Waals surface area contributed by atoms with Gasteiger partial charge >= 0.3 is 6.03 Å². The fourth-order valence-electron chi connectivity index (χ4n) is 1.58. The summed E-state index contributed by atoms with van der Waals surface area (Å²) < 4.78 is 0. The summed E-state index contributed by atoms with van der Waals surface area (Å²) in [7, 11) is 0. The third-order valence-corrected chi connectivity index (χ3v) is 2.54. The molecule has 0 saturated carbocycles. The van der Waals surface area contributed by atoms with Crippen LogP contribution < -0.4 is 16.4 Å². The molecule has 0 heterocycles. The van der Waals surface area contributed by atoms with Crippen molar-refractivity contribution >= 4 is 11.9 Å². The topological polar surface area (TPSA) is 84.2 Å². The van der Waals surface area contributed by atoms with Crippen molar-refractivity contribution in [1.29, 1.82) is 0 Å². The zero-order valence-corrected chi connectivity index (χ0v) is 10.5. The molecule has 1 atom stereocenters. The van der Waals surface area contributed by atoms with E-state index in [0.29, 0.717) is 6.54 Å². The minimum absolute atomic E-state index is 0.220. The molecular weight excluding hydrogens is 230 g/mol. The van der Waals surface area contributed by atoms with Gasteiger partial charge in [0.1, 0.15) is 6.04 Å². The molecule has 98 valence electrons. The summed E-state index contributed by atoms with van der Waals surface area (Å²) in [6.07, 6.45) is 1.78. The Morgan fingerprint density at radius 2 is 1.94 bits per heavy atom. The van der Waals surface area contributed by atoms with E-state index in [1.165, 1.54) is 5.56 Å². The predicted molar refractivity (Wildman–Crippen MR) is 70.0 cm³/mol. The van der Waals surface area contributed by atoms with Gasteiger partial charge in [-0.1, -0.05) is 30.3 Å². The van der Waals surface area contributed by atoms with Gasteiger partial charge in [0.2, 0.25) is 5.91 Å².